The van der Waals surface area contributed by atoms with Crippen molar-refractivity contribution in [3.63, 3.8) is 0 Å². The first-order valence-electron chi connectivity index (χ1n) is 8.25. The zero-order valence-electron chi connectivity index (χ0n) is 16.0. The maximum Gasteiger partial charge on any atom is 0.494 e. The van der Waals surface area contributed by atoms with Gasteiger partial charge in [0.25, 0.3) is 0 Å². The van der Waals surface area contributed by atoms with Gasteiger partial charge in [0, 0.05) is 12.7 Å². The van der Waals surface area contributed by atoms with Crippen LogP contribution < -0.4 is 10.4 Å². The van der Waals surface area contributed by atoms with Crippen LogP contribution in [0, 0.1) is 0 Å². The van der Waals surface area contributed by atoms with E-state index in [0.29, 0.717) is 0 Å². The highest BCUT2D eigenvalue weighted by molar-refractivity contribution is 6.62. The van der Waals surface area contributed by atoms with Gasteiger partial charge in [0.15, 0.2) is 0 Å². The maximum absolute atomic E-state index is 12.2. The normalized spacial score (nSPS) is 19.2. The summed E-state index contributed by atoms with van der Waals surface area (Å²) in [7, 11) is 1.24. The van der Waals surface area contributed by atoms with E-state index in [9.17, 15) is 4.79 Å². The molecule has 0 saturated carbocycles. The van der Waals surface area contributed by atoms with Gasteiger partial charge in [-0.05, 0) is 66.1 Å². The predicted octanol–water partition coefficient (Wildman–Crippen LogP) is 3.36. The minimum absolute atomic E-state index is 0.395. The minimum atomic E-state index is -0.533. The Labute approximate surface area is 145 Å². The first kappa shape index (κ1) is 18.8. The third-order valence-corrected chi connectivity index (χ3v) is 4.45. The second-order valence-corrected chi connectivity index (χ2v) is 8.22. The summed E-state index contributed by atoms with van der Waals surface area (Å²) in [4.78, 5) is 13.7. The summed E-state index contributed by atoms with van der Waals surface area (Å²) in [5, 5.41) is 0. The summed E-state index contributed by atoms with van der Waals surface area (Å²) in [5.74, 6) is 0. The molecular weight excluding hydrogens is 305 g/mol. The summed E-state index contributed by atoms with van der Waals surface area (Å²) in [6.45, 7) is 13.6. The Morgan fingerprint density at radius 1 is 1.12 bits per heavy atom. The number of hydrogen-bond acceptors (Lipinski definition) is 4. The molecule has 0 bridgehead atoms. The van der Waals surface area contributed by atoms with Crippen molar-refractivity contribution in [2.45, 2.75) is 65.3 Å². The Balaban J connectivity index is 2.20. The molecule has 24 heavy (non-hydrogen) atoms. The topological polar surface area (TPSA) is 48.0 Å². The van der Waals surface area contributed by atoms with Gasteiger partial charge in [0.05, 0.1) is 11.2 Å². The number of ether oxygens (including phenoxy) is 1. The van der Waals surface area contributed by atoms with Crippen LogP contribution in [0.15, 0.2) is 24.3 Å². The van der Waals surface area contributed by atoms with Gasteiger partial charge in [0.2, 0.25) is 0 Å². The van der Waals surface area contributed by atoms with Crippen LogP contribution in [0.4, 0.5) is 10.5 Å². The quantitative estimate of drug-likeness (QED) is 0.779. The molecule has 0 N–H and O–H groups in total. The Bertz CT molecular complexity index is 606. The molecule has 1 aliphatic heterocycles. The molecule has 132 valence electrons. The molecule has 1 fully saturated rings. The molecule has 6 heteroatoms. The van der Waals surface area contributed by atoms with Gasteiger partial charge in [0.1, 0.15) is 5.60 Å². The van der Waals surface area contributed by atoms with Crippen molar-refractivity contribution >= 4 is 24.4 Å². The van der Waals surface area contributed by atoms with Crippen molar-refractivity contribution in [2.75, 3.05) is 11.9 Å². The zero-order chi connectivity index (χ0) is 18.3. The van der Waals surface area contributed by atoms with Crippen LogP contribution in [0.3, 0.4) is 0 Å². The van der Waals surface area contributed by atoms with Crippen molar-refractivity contribution in [2.24, 2.45) is 0 Å². The van der Waals surface area contributed by atoms with Crippen molar-refractivity contribution in [3.05, 3.63) is 24.3 Å². The average Bonchev–Trinajstić information content (AvgIpc) is 2.65. The third kappa shape index (κ3) is 3.93. The molecule has 1 saturated heterocycles. The van der Waals surface area contributed by atoms with Crippen LogP contribution in [0.1, 0.15) is 48.5 Å². The van der Waals surface area contributed by atoms with Gasteiger partial charge < -0.3 is 14.0 Å². The van der Waals surface area contributed by atoms with Gasteiger partial charge in [-0.3, -0.25) is 4.90 Å². The largest absolute Gasteiger partial charge is 0.494 e. The second-order valence-electron chi connectivity index (χ2n) is 8.22. The molecular formula is C18H28BNO4. The van der Waals surface area contributed by atoms with Crippen LogP contribution in [0.2, 0.25) is 0 Å². The van der Waals surface area contributed by atoms with E-state index in [1.54, 1.807) is 7.05 Å². The highest BCUT2D eigenvalue weighted by Crippen LogP contribution is 2.36. The van der Waals surface area contributed by atoms with Crippen molar-refractivity contribution in [1.29, 1.82) is 0 Å². The number of benzene rings is 1. The van der Waals surface area contributed by atoms with E-state index in [-0.39, 0.29) is 0 Å². The first-order chi connectivity index (χ1) is 10.8. The number of carbonyl (C=O) groups excluding carboxylic acids is 1. The van der Waals surface area contributed by atoms with E-state index >= 15 is 0 Å². The van der Waals surface area contributed by atoms with Crippen molar-refractivity contribution < 1.29 is 18.8 Å². The van der Waals surface area contributed by atoms with Crippen molar-refractivity contribution in [1.82, 2.24) is 0 Å². The fraction of sp³-hybridized carbons (Fsp3) is 0.611. The number of anilines is 1. The standard InChI is InChI=1S/C18H28BNO4/c1-16(2,3)22-15(21)20(8)14-11-9-10-13(12-14)19-23-17(4,5)18(6,7)24-19/h9-12H,1-8H3. The lowest BCUT2D eigenvalue weighted by Crippen LogP contribution is -2.41. The molecule has 1 amide bonds. The predicted molar refractivity (Wildman–Crippen MR) is 96.8 cm³/mol. The van der Waals surface area contributed by atoms with E-state index < -0.39 is 30.0 Å². The molecule has 5 nitrogen and oxygen atoms in total. The highest BCUT2D eigenvalue weighted by atomic mass is 16.7. The fourth-order valence-electron chi connectivity index (χ4n) is 2.29. The van der Waals surface area contributed by atoms with Gasteiger partial charge in [-0.1, -0.05) is 12.1 Å². The Hall–Kier alpha value is -1.53. The molecule has 2 rings (SSSR count). The maximum atomic E-state index is 12.2. The number of carbonyl (C=O) groups is 1. The lowest BCUT2D eigenvalue weighted by atomic mass is 9.79. The minimum Gasteiger partial charge on any atom is -0.443 e. The smallest absolute Gasteiger partial charge is 0.443 e. The molecule has 1 heterocycles. The molecule has 0 spiro atoms. The summed E-state index contributed by atoms with van der Waals surface area (Å²) < 4.78 is 17.5. The lowest BCUT2D eigenvalue weighted by Gasteiger charge is -2.32. The monoisotopic (exact) mass is 333 g/mol. The molecule has 1 aliphatic rings. The second kappa shape index (κ2) is 6.08. The van der Waals surface area contributed by atoms with Crippen LogP contribution in [0.5, 0.6) is 0 Å². The van der Waals surface area contributed by atoms with Crippen molar-refractivity contribution in [3.8, 4) is 0 Å². The fourth-order valence-corrected chi connectivity index (χ4v) is 2.29. The van der Waals surface area contributed by atoms with Crippen LogP contribution >= 0.6 is 0 Å². The van der Waals surface area contributed by atoms with E-state index in [2.05, 4.69) is 0 Å². The average molecular weight is 333 g/mol. The van der Waals surface area contributed by atoms with E-state index in [1.807, 2.05) is 72.7 Å². The van der Waals surface area contributed by atoms with E-state index in [0.717, 1.165) is 11.2 Å². The van der Waals surface area contributed by atoms with Gasteiger partial charge in [-0.25, -0.2) is 4.79 Å². The summed E-state index contributed by atoms with van der Waals surface area (Å²) in [5.41, 5.74) is 0.280. The van der Waals surface area contributed by atoms with Gasteiger partial charge in [-0.15, -0.1) is 0 Å². The highest BCUT2D eigenvalue weighted by Gasteiger charge is 2.51. The Kier molecular flexibility index (Phi) is 4.77. The zero-order valence-corrected chi connectivity index (χ0v) is 16.0. The van der Waals surface area contributed by atoms with Gasteiger partial charge in [-0.2, -0.15) is 0 Å². The van der Waals surface area contributed by atoms with Crippen LogP contribution in [0.25, 0.3) is 0 Å². The summed E-state index contributed by atoms with van der Waals surface area (Å²) in [6.07, 6.45) is -0.395. The number of rotatable bonds is 2. The van der Waals surface area contributed by atoms with E-state index in [1.165, 1.54) is 4.90 Å². The molecule has 1 aromatic rings. The van der Waals surface area contributed by atoms with E-state index in [4.69, 9.17) is 14.0 Å². The SMILES string of the molecule is CN(C(=O)OC(C)(C)C)c1cccc(B2OC(C)(C)C(C)(C)O2)c1. The molecule has 0 aromatic heterocycles. The molecule has 1 aromatic carbocycles. The summed E-state index contributed by atoms with van der Waals surface area (Å²) in [6, 6.07) is 7.58. The number of amides is 1. The molecule has 0 atom stereocenters. The van der Waals surface area contributed by atoms with Crippen LogP contribution in [-0.2, 0) is 14.0 Å². The Morgan fingerprint density at radius 2 is 1.67 bits per heavy atom. The van der Waals surface area contributed by atoms with Crippen LogP contribution in [-0.4, -0.2) is 37.1 Å². The molecule has 0 radical (unpaired) electrons. The first-order valence-corrected chi connectivity index (χ1v) is 8.25. The third-order valence-electron chi connectivity index (χ3n) is 4.45. The Morgan fingerprint density at radius 3 is 2.17 bits per heavy atom. The molecule has 0 unspecified atom stereocenters. The summed E-state index contributed by atoms with van der Waals surface area (Å²) >= 11 is 0. The molecule has 0 aliphatic carbocycles. The lowest BCUT2D eigenvalue weighted by molar-refractivity contribution is 0.00578. The number of nitrogens with zero attached hydrogens (tertiary/aromatic N) is 1. The number of hydrogen-bond donors (Lipinski definition) is 0. The van der Waals surface area contributed by atoms with Gasteiger partial charge >= 0.3 is 13.2 Å².